The summed E-state index contributed by atoms with van der Waals surface area (Å²) in [6.45, 7) is 0.307. The Hall–Kier alpha value is -1.85. The molecule has 2 aromatic heterocycles. The summed E-state index contributed by atoms with van der Waals surface area (Å²) in [5, 5.41) is 4.47. The van der Waals surface area contributed by atoms with E-state index in [0.29, 0.717) is 17.2 Å². The zero-order valence-electron chi connectivity index (χ0n) is 8.52. The van der Waals surface area contributed by atoms with Crippen LogP contribution in [-0.2, 0) is 6.54 Å². The first-order valence-electron chi connectivity index (χ1n) is 4.64. The molecular weight excluding hydrogens is 216 g/mol. The number of hydrogen-bond donors (Lipinski definition) is 0. The largest absolute Gasteiger partial charge is 0.296 e. The number of aromatic nitrogens is 3. The van der Waals surface area contributed by atoms with Crippen molar-refractivity contribution in [3.63, 3.8) is 0 Å². The van der Waals surface area contributed by atoms with Crippen LogP contribution < -0.4 is 0 Å². The highest BCUT2D eigenvalue weighted by atomic mass is 19.3. The maximum atomic E-state index is 12.8. The molecule has 0 N–H and O–H groups in total. The standard InChI is InChI=1S/C10H9F2N3O/c1-10(11,12)6-15-9-2-8(5-16)13-3-7(9)4-14-15/h2-5H,6H2,1H3. The first-order chi connectivity index (χ1) is 7.49. The quantitative estimate of drug-likeness (QED) is 0.749. The van der Waals surface area contributed by atoms with Gasteiger partial charge < -0.3 is 0 Å². The number of aldehydes is 1. The summed E-state index contributed by atoms with van der Waals surface area (Å²) in [4.78, 5) is 14.4. The first-order valence-corrected chi connectivity index (χ1v) is 4.64. The van der Waals surface area contributed by atoms with Crippen LogP contribution in [0.5, 0.6) is 0 Å². The Bertz CT molecular complexity index is 530. The summed E-state index contributed by atoms with van der Waals surface area (Å²) >= 11 is 0. The third kappa shape index (κ3) is 2.05. The van der Waals surface area contributed by atoms with Gasteiger partial charge in [0.15, 0.2) is 6.29 Å². The Kier molecular flexibility index (Phi) is 2.41. The Morgan fingerprint density at radius 3 is 2.88 bits per heavy atom. The van der Waals surface area contributed by atoms with Crippen molar-refractivity contribution in [3.05, 3.63) is 24.2 Å². The number of alkyl halides is 2. The van der Waals surface area contributed by atoms with Gasteiger partial charge in [-0.15, -0.1) is 0 Å². The van der Waals surface area contributed by atoms with Crippen LogP contribution in [0.3, 0.4) is 0 Å². The number of nitrogens with zero attached hydrogens (tertiary/aromatic N) is 3. The van der Waals surface area contributed by atoms with E-state index >= 15 is 0 Å². The van der Waals surface area contributed by atoms with Gasteiger partial charge in [0, 0.05) is 18.5 Å². The second-order valence-electron chi connectivity index (χ2n) is 3.66. The van der Waals surface area contributed by atoms with Crippen molar-refractivity contribution in [3.8, 4) is 0 Å². The van der Waals surface area contributed by atoms with E-state index in [2.05, 4.69) is 10.1 Å². The van der Waals surface area contributed by atoms with E-state index in [1.807, 2.05) is 0 Å². The van der Waals surface area contributed by atoms with Gasteiger partial charge in [0.1, 0.15) is 12.2 Å². The monoisotopic (exact) mass is 225 g/mol. The van der Waals surface area contributed by atoms with Gasteiger partial charge in [-0.3, -0.25) is 14.5 Å². The zero-order valence-corrected chi connectivity index (χ0v) is 8.52. The third-order valence-electron chi connectivity index (χ3n) is 2.10. The van der Waals surface area contributed by atoms with E-state index in [0.717, 1.165) is 6.92 Å². The average molecular weight is 225 g/mol. The Labute approximate surface area is 89.9 Å². The first kappa shape index (κ1) is 10.7. The minimum absolute atomic E-state index is 0.202. The van der Waals surface area contributed by atoms with Crippen molar-refractivity contribution in [1.29, 1.82) is 0 Å². The Balaban J connectivity index is 2.50. The molecule has 6 heteroatoms. The maximum Gasteiger partial charge on any atom is 0.264 e. The fourth-order valence-electron chi connectivity index (χ4n) is 1.44. The van der Waals surface area contributed by atoms with E-state index in [-0.39, 0.29) is 5.69 Å². The van der Waals surface area contributed by atoms with Gasteiger partial charge in [-0.25, -0.2) is 8.78 Å². The molecule has 0 aliphatic rings. The van der Waals surface area contributed by atoms with Crippen LogP contribution in [0, 0.1) is 0 Å². The molecule has 84 valence electrons. The summed E-state index contributed by atoms with van der Waals surface area (Å²) in [5.74, 6) is -2.84. The molecule has 0 spiro atoms. The van der Waals surface area contributed by atoms with Crippen LogP contribution in [0.1, 0.15) is 17.4 Å². The molecule has 0 fully saturated rings. The lowest BCUT2D eigenvalue weighted by molar-refractivity contribution is 0.00182. The van der Waals surface area contributed by atoms with Crippen molar-refractivity contribution < 1.29 is 13.6 Å². The second-order valence-corrected chi connectivity index (χ2v) is 3.66. The number of halogens is 2. The highest BCUT2D eigenvalue weighted by Gasteiger charge is 2.23. The molecule has 0 saturated carbocycles. The van der Waals surface area contributed by atoms with Crippen molar-refractivity contribution in [2.45, 2.75) is 19.4 Å². The molecule has 2 aromatic rings. The lowest BCUT2D eigenvalue weighted by Crippen LogP contribution is -2.20. The van der Waals surface area contributed by atoms with Crippen molar-refractivity contribution in [2.75, 3.05) is 0 Å². The van der Waals surface area contributed by atoms with Crippen LogP contribution in [0.2, 0.25) is 0 Å². The molecule has 0 saturated heterocycles. The molecule has 0 bridgehead atoms. The van der Waals surface area contributed by atoms with E-state index in [1.165, 1.54) is 23.1 Å². The average Bonchev–Trinajstić information content (AvgIpc) is 2.58. The third-order valence-corrected chi connectivity index (χ3v) is 2.10. The van der Waals surface area contributed by atoms with Crippen LogP contribution in [0.25, 0.3) is 10.9 Å². The lowest BCUT2D eigenvalue weighted by atomic mass is 10.3. The fraction of sp³-hybridized carbons (Fsp3) is 0.300. The fourth-order valence-corrected chi connectivity index (χ4v) is 1.44. The zero-order chi connectivity index (χ0) is 11.8. The summed E-state index contributed by atoms with van der Waals surface area (Å²) in [6.07, 6.45) is 3.46. The predicted octanol–water partition coefficient (Wildman–Crippen LogP) is 1.90. The second kappa shape index (κ2) is 3.62. The van der Waals surface area contributed by atoms with Crippen molar-refractivity contribution >= 4 is 17.2 Å². The van der Waals surface area contributed by atoms with Crippen molar-refractivity contribution in [2.24, 2.45) is 0 Å². The molecule has 0 aromatic carbocycles. The molecule has 0 unspecified atom stereocenters. The van der Waals surface area contributed by atoms with Crippen LogP contribution in [0.4, 0.5) is 8.78 Å². The Morgan fingerprint density at radius 1 is 1.50 bits per heavy atom. The molecular formula is C10H9F2N3O. The van der Waals surface area contributed by atoms with E-state index in [1.54, 1.807) is 0 Å². The van der Waals surface area contributed by atoms with E-state index in [4.69, 9.17) is 0 Å². The number of carbonyl (C=O) groups is 1. The number of hydrogen-bond acceptors (Lipinski definition) is 3. The summed E-state index contributed by atoms with van der Waals surface area (Å²) < 4.78 is 26.9. The number of carbonyl (C=O) groups excluding carboxylic acids is 1. The number of pyridine rings is 1. The summed E-state index contributed by atoms with van der Waals surface area (Å²) in [7, 11) is 0. The van der Waals surface area contributed by atoms with E-state index < -0.39 is 12.5 Å². The molecule has 0 amide bonds. The predicted molar refractivity (Wildman–Crippen MR) is 53.5 cm³/mol. The Morgan fingerprint density at radius 2 is 2.25 bits per heavy atom. The van der Waals surface area contributed by atoms with Gasteiger partial charge in [0.2, 0.25) is 0 Å². The summed E-state index contributed by atoms with van der Waals surface area (Å²) in [6, 6.07) is 1.45. The highest BCUT2D eigenvalue weighted by Crippen LogP contribution is 2.19. The van der Waals surface area contributed by atoms with Crippen LogP contribution in [-0.4, -0.2) is 27.0 Å². The minimum atomic E-state index is -2.84. The molecule has 0 radical (unpaired) electrons. The number of rotatable bonds is 3. The van der Waals surface area contributed by atoms with Gasteiger partial charge in [-0.05, 0) is 6.07 Å². The molecule has 4 nitrogen and oxygen atoms in total. The van der Waals surface area contributed by atoms with Gasteiger partial charge in [0.25, 0.3) is 5.92 Å². The SMILES string of the molecule is CC(F)(F)Cn1ncc2cnc(C=O)cc21. The molecule has 0 aliphatic carbocycles. The lowest BCUT2D eigenvalue weighted by Gasteiger charge is -2.10. The molecule has 2 rings (SSSR count). The van der Waals surface area contributed by atoms with Crippen molar-refractivity contribution in [1.82, 2.24) is 14.8 Å². The molecule has 16 heavy (non-hydrogen) atoms. The van der Waals surface area contributed by atoms with Gasteiger partial charge in [-0.1, -0.05) is 0 Å². The smallest absolute Gasteiger partial charge is 0.264 e. The highest BCUT2D eigenvalue weighted by molar-refractivity contribution is 5.83. The molecule has 2 heterocycles. The summed E-state index contributed by atoms with van der Waals surface area (Å²) in [5.41, 5.74) is 0.687. The van der Waals surface area contributed by atoms with Gasteiger partial charge >= 0.3 is 0 Å². The number of fused-ring (bicyclic) bond motifs is 1. The van der Waals surface area contributed by atoms with Crippen LogP contribution in [0.15, 0.2) is 18.5 Å². The molecule has 0 atom stereocenters. The topological polar surface area (TPSA) is 47.8 Å². The van der Waals surface area contributed by atoms with E-state index in [9.17, 15) is 13.6 Å². The van der Waals surface area contributed by atoms with Gasteiger partial charge in [-0.2, -0.15) is 5.10 Å². The maximum absolute atomic E-state index is 12.8. The van der Waals surface area contributed by atoms with Gasteiger partial charge in [0.05, 0.1) is 11.7 Å². The van der Waals surface area contributed by atoms with Crippen LogP contribution >= 0.6 is 0 Å². The molecule has 0 aliphatic heterocycles. The normalized spacial score (nSPS) is 11.9. The minimum Gasteiger partial charge on any atom is -0.296 e.